The molecule has 0 saturated carbocycles. The van der Waals surface area contributed by atoms with Gasteiger partial charge in [0.15, 0.2) is 0 Å². The lowest BCUT2D eigenvalue weighted by Crippen LogP contribution is -2.35. The molecule has 1 aliphatic rings. The summed E-state index contributed by atoms with van der Waals surface area (Å²) in [7, 11) is 0. The highest BCUT2D eigenvalue weighted by molar-refractivity contribution is 5.77. The van der Waals surface area contributed by atoms with Crippen LogP contribution in [0.1, 0.15) is 13.3 Å². The Hall–Kier alpha value is -1.10. The number of likely N-dealkylation sites (tertiary alicyclic amines) is 1. The Morgan fingerprint density at radius 2 is 2.00 bits per heavy atom. The molecule has 5 heteroatoms. The van der Waals surface area contributed by atoms with Gasteiger partial charge in [-0.1, -0.05) is 6.92 Å². The minimum atomic E-state index is -0.925. The Bertz CT molecular complexity index is 228. The number of hydrogen-bond acceptors (Lipinski definition) is 3. The van der Waals surface area contributed by atoms with E-state index in [1.54, 1.807) is 4.90 Å². The van der Waals surface area contributed by atoms with Crippen molar-refractivity contribution in [2.75, 3.05) is 13.1 Å². The molecular weight excluding hydrogens is 174 g/mol. The average molecular weight is 187 g/mol. The number of rotatable bonds is 3. The van der Waals surface area contributed by atoms with Gasteiger partial charge in [-0.15, -0.1) is 0 Å². The predicted molar refractivity (Wildman–Crippen MR) is 44.4 cm³/mol. The van der Waals surface area contributed by atoms with Crippen molar-refractivity contribution >= 4 is 11.9 Å². The number of nitrogens with zero attached hydrogens (tertiary/aromatic N) is 1. The van der Waals surface area contributed by atoms with Gasteiger partial charge >= 0.3 is 11.9 Å². The summed E-state index contributed by atoms with van der Waals surface area (Å²) in [6.07, 6.45) is 0.221. The summed E-state index contributed by atoms with van der Waals surface area (Å²) in [6.45, 7) is 2.77. The third kappa shape index (κ3) is 1.98. The number of carboxylic acid groups (broad SMARTS) is 2. The second kappa shape index (κ2) is 3.74. The summed E-state index contributed by atoms with van der Waals surface area (Å²) in [6, 6.07) is -0.619. The molecule has 2 atom stereocenters. The van der Waals surface area contributed by atoms with Crippen LogP contribution in [-0.2, 0) is 9.59 Å². The number of likely N-dealkylation sites (N-methyl/N-ethyl adjacent to an activating group) is 1. The van der Waals surface area contributed by atoms with Gasteiger partial charge in [-0.05, 0) is 13.0 Å². The molecule has 0 aromatic rings. The molecule has 1 aliphatic heterocycles. The van der Waals surface area contributed by atoms with Crippen LogP contribution >= 0.6 is 0 Å². The molecule has 0 radical (unpaired) electrons. The molecular formula is C8H13NO4. The van der Waals surface area contributed by atoms with E-state index >= 15 is 0 Å². The topological polar surface area (TPSA) is 77.8 Å². The fourth-order valence-electron chi connectivity index (χ4n) is 1.69. The van der Waals surface area contributed by atoms with Gasteiger partial charge in [0.05, 0.1) is 5.92 Å². The van der Waals surface area contributed by atoms with Crippen molar-refractivity contribution < 1.29 is 19.8 Å². The normalized spacial score (nSPS) is 29.0. The predicted octanol–water partition coefficient (Wildman–Crippen LogP) is -0.134. The fourth-order valence-corrected chi connectivity index (χ4v) is 1.69. The average Bonchev–Trinajstić information content (AvgIpc) is 2.47. The van der Waals surface area contributed by atoms with Crippen LogP contribution < -0.4 is 0 Å². The lowest BCUT2D eigenvalue weighted by molar-refractivity contribution is -0.142. The highest BCUT2D eigenvalue weighted by Crippen LogP contribution is 2.23. The highest BCUT2D eigenvalue weighted by atomic mass is 16.4. The summed E-state index contributed by atoms with van der Waals surface area (Å²) < 4.78 is 0. The number of hydrogen-bond donors (Lipinski definition) is 2. The lowest BCUT2D eigenvalue weighted by Gasteiger charge is -2.17. The first-order valence-corrected chi connectivity index (χ1v) is 4.26. The molecule has 5 nitrogen and oxygen atoms in total. The van der Waals surface area contributed by atoms with Gasteiger partial charge in [0.2, 0.25) is 0 Å². The Balaban J connectivity index is 2.66. The van der Waals surface area contributed by atoms with Gasteiger partial charge in [0.1, 0.15) is 6.04 Å². The number of carboxylic acids is 2. The molecule has 1 saturated heterocycles. The minimum Gasteiger partial charge on any atom is -0.481 e. The molecule has 1 fully saturated rings. The monoisotopic (exact) mass is 187 g/mol. The Kier molecular flexibility index (Phi) is 2.87. The van der Waals surface area contributed by atoms with E-state index in [0.29, 0.717) is 13.1 Å². The molecule has 0 aromatic heterocycles. The van der Waals surface area contributed by atoms with Crippen LogP contribution in [0.25, 0.3) is 0 Å². The first kappa shape index (κ1) is 9.98. The third-order valence-corrected chi connectivity index (χ3v) is 2.44. The quantitative estimate of drug-likeness (QED) is 0.643. The first-order chi connectivity index (χ1) is 6.06. The van der Waals surface area contributed by atoms with Crippen LogP contribution in [0, 0.1) is 5.92 Å². The number of carbonyl (C=O) groups is 2. The van der Waals surface area contributed by atoms with E-state index in [-0.39, 0.29) is 6.42 Å². The second-order valence-electron chi connectivity index (χ2n) is 3.21. The summed E-state index contributed by atoms with van der Waals surface area (Å²) in [5.41, 5.74) is 0. The summed E-state index contributed by atoms with van der Waals surface area (Å²) in [5, 5.41) is 17.5. The maximum Gasteiger partial charge on any atom is 0.320 e. The Morgan fingerprint density at radius 1 is 1.38 bits per heavy atom. The summed E-state index contributed by atoms with van der Waals surface area (Å²) >= 11 is 0. The zero-order valence-electron chi connectivity index (χ0n) is 7.43. The molecule has 0 bridgehead atoms. The molecule has 0 spiro atoms. The van der Waals surface area contributed by atoms with Gasteiger partial charge in [-0.25, -0.2) is 0 Å². The summed E-state index contributed by atoms with van der Waals surface area (Å²) in [5.74, 6) is -2.35. The van der Waals surface area contributed by atoms with Crippen molar-refractivity contribution in [1.29, 1.82) is 0 Å². The van der Waals surface area contributed by atoms with Gasteiger partial charge in [0.25, 0.3) is 0 Å². The van der Waals surface area contributed by atoms with Crippen molar-refractivity contribution in [3.8, 4) is 0 Å². The molecule has 0 aliphatic carbocycles. The van der Waals surface area contributed by atoms with E-state index in [1.165, 1.54) is 0 Å². The van der Waals surface area contributed by atoms with E-state index in [4.69, 9.17) is 10.2 Å². The van der Waals surface area contributed by atoms with Gasteiger partial charge < -0.3 is 10.2 Å². The molecule has 1 rings (SSSR count). The van der Waals surface area contributed by atoms with E-state index in [9.17, 15) is 9.59 Å². The zero-order valence-corrected chi connectivity index (χ0v) is 7.43. The largest absolute Gasteiger partial charge is 0.481 e. The molecule has 0 unspecified atom stereocenters. The lowest BCUT2D eigenvalue weighted by atomic mass is 10.1. The zero-order chi connectivity index (χ0) is 10.0. The fraction of sp³-hybridized carbons (Fsp3) is 0.750. The van der Waals surface area contributed by atoms with Gasteiger partial charge in [-0.2, -0.15) is 0 Å². The van der Waals surface area contributed by atoms with E-state index < -0.39 is 23.9 Å². The third-order valence-electron chi connectivity index (χ3n) is 2.44. The standard InChI is InChI=1S/C8H13NO4/c1-2-9-4-5(7(10)11)3-6(9)8(12)13/h5-6H,2-4H2,1H3,(H,10,11)(H,12,13)/t5-,6-/m0/s1. The first-order valence-electron chi connectivity index (χ1n) is 4.26. The second-order valence-corrected chi connectivity index (χ2v) is 3.21. The van der Waals surface area contributed by atoms with Gasteiger partial charge in [0, 0.05) is 6.54 Å². The van der Waals surface area contributed by atoms with Crippen LogP contribution in [0.4, 0.5) is 0 Å². The molecule has 0 amide bonds. The molecule has 1 heterocycles. The molecule has 0 aromatic carbocycles. The van der Waals surface area contributed by atoms with Crippen molar-refractivity contribution in [2.45, 2.75) is 19.4 Å². The smallest absolute Gasteiger partial charge is 0.320 e. The Morgan fingerprint density at radius 3 is 2.31 bits per heavy atom. The minimum absolute atomic E-state index is 0.221. The van der Waals surface area contributed by atoms with Crippen molar-refractivity contribution in [3.63, 3.8) is 0 Å². The van der Waals surface area contributed by atoms with E-state index in [1.807, 2.05) is 6.92 Å². The van der Waals surface area contributed by atoms with Crippen LogP contribution in [0.2, 0.25) is 0 Å². The van der Waals surface area contributed by atoms with Crippen molar-refractivity contribution in [2.24, 2.45) is 5.92 Å². The van der Waals surface area contributed by atoms with Crippen LogP contribution in [0.5, 0.6) is 0 Å². The van der Waals surface area contributed by atoms with Crippen molar-refractivity contribution in [3.05, 3.63) is 0 Å². The number of aliphatic carboxylic acids is 2. The SMILES string of the molecule is CCN1C[C@@H](C(=O)O)C[C@H]1C(=O)O. The molecule has 2 N–H and O–H groups in total. The molecule has 74 valence electrons. The maximum absolute atomic E-state index is 10.7. The van der Waals surface area contributed by atoms with Crippen molar-refractivity contribution in [1.82, 2.24) is 4.90 Å². The van der Waals surface area contributed by atoms with Crippen LogP contribution in [-0.4, -0.2) is 46.2 Å². The highest BCUT2D eigenvalue weighted by Gasteiger charge is 2.38. The van der Waals surface area contributed by atoms with Crippen LogP contribution in [0.15, 0.2) is 0 Å². The molecule has 13 heavy (non-hydrogen) atoms. The Labute approximate surface area is 76.0 Å². The van der Waals surface area contributed by atoms with E-state index in [0.717, 1.165) is 0 Å². The van der Waals surface area contributed by atoms with Crippen LogP contribution in [0.3, 0.4) is 0 Å². The summed E-state index contributed by atoms with van der Waals surface area (Å²) in [4.78, 5) is 23.0. The maximum atomic E-state index is 10.7. The van der Waals surface area contributed by atoms with Gasteiger partial charge in [-0.3, -0.25) is 14.5 Å². The van der Waals surface area contributed by atoms with E-state index in [2.05, 4.69) is 0 Å².